The molecule has 0 aliphatic carbocycles. The number of carbonyl (C=O) groups is 1. The van der Waals surface area contributed by atoms with Crippen molar-refractivity contribution in [2.45, 2.75) is 20.4 Å². The van der Waals surface area contributed by atoms with Crippen LogP contribution < -0.4 is 10.9 Å². The Morgan fingerprint density at radius 2 is 1.92 bits per heavy atom. The van der Waals surface area contributed by atoms with E-state index in [0.29, 0.717) is 24.3 Å². The molecule has 3 rings (SSSR count). The Bertz CT molecular complexity index is 989. The number of amides is 1. The molecule has 0 spiro atoms. The van der Waals surface area contributed by atoms with E-state index in [0.717, 1.165) is 17.0 Å². The first-order valence-corrected chi connectivity index (χ1v) is 8.37. The Balaban J connectivity index is 1.67. The lowest BCUT2D eigenvalue weighted by Gasteiger charge is -2.09. The lowest BCUT2D eigenvalue weighted by Crippen LogP contribution is -2.32. The molecule has 134 valence electrons. The van der Waals surface area contributed by atoms with Gasteiger partial charge in [-0.05, 0) is 19.9 Å². The third kappa shape index (κ3) is 3.56. The number of rotatable bonds is 5. The molecule has 26 heavy (non-hydrogen) atoms. The van der Waals surface area contributed by atoms with Crippen molar-refractivity contribution in [2.75, 3.05) is 6.54 Å². The molecule has 0 atom stereocenters. The first-order valence-electron chi connectivity index (χ1n) is 8.37. The fourth-order valence-electron chi connectivity index (χ4n) is 2.65. The van der Waals surface area contributed by atoms with E-state index in [9.17, 15) is 9.59 Å². The molecule has 0 saturated carbocycles. The van der Waals surface area contributed by atoms with E-state index in [1.165, 1.54) is 10.9 Å². The van der Waals surface area contributed by atoms with Gasteiger partial charge in [0.1, 0.15) is 5.69 Å². The maximum Gasteiger partial charge on any atom is 0.269 e. The summed E-state index contributed by atoms with van der Waals surface area (Å²) < 4.78 is 3.06. The van der Waals surface area contributed by atoms with Crippen molar-refractivity contribution >= 4 is 5.91 Å². The van der Waals surface area contributed by atoms with Crippen molar-refractivity contribution in [1.82, 2.24) is 24.6 Å². The molecule has 0 fully saturated rings. The fourth-order valence-corrected chi connectivity index (χ4v) is 2.65. The van der Waals surface area contributed by atoms with E-state index < -0.39 is 0 Å². The molecular formula is C19H21N5O2. The molecule has 0 saturated heterocycles. The zero-order chi connectivity index (χ0) is 18.7. The van der Waals surface area contributed by atoms with Crippen LogP contribution in [-0.4, -0.2) is 31.8 Å². The summed E-state index contributed by atoms with van der Waals surface area (Å²) in [7, 11) is 1.74. The topological polar surface area (TPSA) is 81.8 Å². The molecule has 0 aliphatic heterocycles. The number of aromatic nitrogens is 4. The quantitative estimate of drug-likeness (QED) is 0.758. The molecule has 7 nitrogen and oxygen atoms in total. The molecule has 7 heteroatoms. The number of nitrogens with one attached hydrogen (secondary N) is 1. The van der Waals surface area contributed by atoms with E-state index in [1.807, 2.05) is 30.3 Å². The zero-order valence-electron chi connectivity index (χ0n) is 15.1. The Kier molecular flexibility index (Phi) is 4.97. The largest absolute Gasteiger partial charge is 0.349 e. The minimum Gasteiger partial charge on any atom is -0.349 e. The van der Waals surface area contributed by atoms with Gasteiger partial charge < -0.3 is 5.32 Å². The molecule has 1 amide bonds. The molecule has 0 radical (unpaired) electrons. The summed E-state index contributed by atoms with van der Waals surface area (Å²) in [4.78, 5) is 28.8. The molecule has 3 aromatic rings. The van der Waals surface area contributed by atoms with Crippen molar-refractivity contribution in [3.8, 4) is 11.3 Å². The molecular weight excluding hydrogens is 330 g/mol. The number of aryl methyl sites for hydroxylation is 2. The highest BCUT2D eigenvalue weighted by Crippen LogP contribution is 2.18. The standard InChI is InChI=1S/C19H21N5O2/c1-13-14(2)21-12-24(19(13)26)10-9-20-18(25)17-11-16(22-23(17)3)15-7-5-4-6-8-15/h4-8,11-12H,9-10H2,1-3H3,(H,20,25). The predicted octanol–water partition coefficient (Wildman–Crippen LogP) is 1.69. The normalized spacial score (nSPS) is 10.7. The summed E-state index contributed by atoms with van der Waals surface area (Å²) in [5.74, 6) is -0.230. The number of hydrogen-bond donors (Lipinski definition) is 1. The number of carbonyl (C=O) groups excluding carboxylic acids is 1. The Morgan fingerprint density at radius 3 is 2.65 bits per heavy atom. The monoisotopic (exact) mass is 351 g/mol. The highest BCUT2D eigenvalue weighted by Gasteiger charge is 2.14. The average Bonchev–Trinajstić information content (AvgIpc) is 3.04. The van der Waals surface area contributed by atoms with Gasteiger partial charge in [0.15, 0.2) is 0 Å². The van der Waals surface area contributed by atoms with Crippen LogP contribution in [0.2, 0.25) is 0 Å². The van der Waals surface area contributed by atoms with Crippen LogP contribution in [0, 0.1) is 13.8 Å². The summed E-state index contributed by atoms with van der Waals surface area (Å²) in [5, 5.41) is 7.22. The summed E-state index contributed by atoms with van der Waals surface area (Å²) >= 11 is 0. The number of hydrogen-bond acceptors (Lipinski definition) is 4. The van der Waals surface area contributed by atoms with E-state index in [2.05, 4.69) is 15.4 Å². The van der Waals surface area contributed by atoms with E-state index in [-0.39, 0.29) is 11.5 Å². The van der Waals surface area contributed by atoms with Gasteiger partial charge in [0.05, 0.1) is 12.0 Å². The highest BCUT2D eigenvalue weighted by molar-refractivity contribution is 5.93. The Labute approximate surface area is 151 Å². The van der Waals surface area contributed by atoms with E-state index >= 15 is 0 Å². The fraction of sp³-hybridized carbons (Fsp3) is 0.263. The van der Waals surface area contributed by atoms with Gasteiger partial charge in [-0.2, -0.15) is 5.10 Å². The van der Waals surface area contributed by atoms with Crippen LogP contribution in [0.3, 0.4) is 0 Å². The molecule has 0 unspecified atom stereocenters. The van der Waals surface area contributed by atoms with Crippen LogP contribution in [-0.2, 0) is 13.6 Å². The molecule has 0 aliphatic rings. The molecule has 2 heterocycles. The molecule has 1 N–H and O–H groups in total. The minimum absolute atomic E-state index is 0.0846. The minimum atomic E-state index is -0.230. The van der Waals surface area contributed by atoms with Crippen LogP contribution in [0.5, 0.6) is 0 Å². The summed E-state index contributed by atoms with van der Waals surface area (Å²) in [5.41, 5.74) is 3.42. The van der Waals surface area contributed by atoms with Crippen LogP contribution in [0.25, 0.3) is 11.3 Å². The van der Waals surface area contributed by atoms with Gasteiger partial charge in [0, 0.05) is 37.0 Å². The summed E-state index contributed by atoms with van der Waals surface area (Å²) in [6, 6.07) is 11.4. The van der Waals surface area contributed by atoms with Gasteiger partial charge in [0.2, 0.25) is 0 Å². The van der Waals surface area contributed by atoms with Crippen molar-refractivity contribution in [3.05, 3.63) is 70.0 Å². The third-order valence-electron chi connectivity index (χ3n) is 4.34. The number of nitrogens with zero attached hydrogens (tertiary/aromatic N) is 4. The van der Waals surface area contributed by atoms with Crippen LogP contribution in [0.15, 0.2) is 47.5 Å². The Hall–Kier alpha value is -3.22. The maximum atomic E-state index is 12.4. The average molecular weight is 351 g/mol. The van der Waals surface area contributed by atoms with E-state index in [1.54, 1.807) is 31.6 Å². The van der Waals surface area contributed by atoms with Gasteiger partial charge in [-0.1, -0.05) is 30.3 Å². The van der Waals surface area contributed by atoms with E-state index in [4.69, 9.17) is 0 Å². The van der Waals surface area contributed by atoms with Crippen molar-refractivity contribution < 1.29 is 4.79 Å². The second kappa shape index (κ2) is 7.35. The third-order valence-corrected chi connectivity index (χ3v) is 4.34. The van der Waals surface area contributed by atoms with Crippen LogP contribution >= 0.6 is 0 Å². The lowest BCUT2D eigenvalue weighted by molar-refractivity contribution is 0.0942. The smallest absolute Gasteiger partial charge is 0.269 e. The number of benzene rings is 1. The highest BCUT2D eigenvalue weighted by atomic mass is 16.2. The maximum absolute atomic E-state index is 12.4. The summed E-state index contributed by atoms with van der Waals surface area (Å²) in [6.45, 7) is 4.24. The van der Waals surface area contributed by atoms with Crippen LogP contribution in [0.1, 0.15) is 21.7 Å². The predicted molar refractivity (Wildman–Crippen MR) is 98.9 cm³/mol. The van der Waals surface area contributed by atoms with Gasteiger partial charge in [0.25, 0.3) is 11.5 Å². The Morgan fingerprint density at radius 1 is 1.19 bits per heavy atom. The first-order chi connectivity index (χ1) is 12.5. The van der Waals surface area contributed by atoms with Crippen LogP contribution in [0.4, 0.5) is 0 Å². The van der Waals surface area contributed by atoms with Crippen molar-refractivity contribution in [2.24, 2.45) is 7.05 Å². The second-order valence-corrected chi connectivity index (χ2v) is 6.11. The van der Waals surface area contributed by atoms with Crippen molar-refractivity contribution in [3.63, 3.8) is 0 Å². The van der Waals surface area contributed by atoms with Gasteiger partial charge in [-0.3, -0.25) is 18.8 Å². The van der Waals surface area contributed by atoms with Gasteiger partial charge in [-0.25, -0.2) is 4.98 Å². The molecule has 0 bridgehead atoms. The lowest BCUT2D eigenvalue weighted by atomic mass is 10.1. The second-order valence-electron chi connectivity index (χ2n) is 6.11. The molecule has 1 aromatic carbocycles. The first kappa shape index (κ1) is 17.6. The van der Waals surface area contributed by atoms with Crippen molar-refractivity contribution in [1.29, 1.82) is 0 Å². The SMILES string of the molecule is Cc1ncn(CCNC(=O)c2cc(-c3ccccc3)nn2C)c(=O)c1C. The summed E-state index contributed by atoms with van der Waals surface area (Å²) in [6.07, 6.45) is 1.51. The van der Waals surface area contributed by atoms with Gasteiger partial charge >= 0.3 is 0 Å². The zero-order valence-corrected chi connectivity index (χ0v) is 15.1. The molecule has 2 aromatic heterocycles. The van der Waals surface area contributed by atoms with Gasteiger partial charge in [-0.15, -0.1) is 0 Å².